The molecule has 0 fully saturated rings. The van der Waals surface area contributed by atoms with Crippen LogP contribution in [0.5, 0.6) is 5.75 Å². The zero-order valence-corrected chi connectivity index (χ0v) is 13.6. The summed E-state index contributed by atoms with van der Waals surface area (Å²) in [5, 5.41) is 0. The van der Waals surface area contributed by atoms with Crippen molar-refractivity contribution >= 4 is 43.6 Å². The minimum Gasteiger partial charge on any atom is -0.493 e. The van der Waals surface area contributed by atoms with Crippen molar-refractivity contribution in [3.05, 3.63) is 57.5 Å². The largest absolute Gasteiger partial charge is 0.493 e. The van der Waals surface area contributed by atoms with Gasteiger partial charge in [0.1, 0.15) is 5.75 Å². The van der Waals surface area contributed by atoms with Gasteiger partial charge in [0.2, 0.25) is 0 Å². The van der Waals surface area contributed by atoms with Crippen LogP contribution < -0.4 is 4.74 Å². The highest BCUT2D eigenvalue weighted by Gasteiger charge is 1.97. The van der Waals surface area contributed by atoms with Gasteiger partial charge in [0.05, 0.1) is 6.61 Å². The monoisotopic (exact) mass is 386 g/mol. The van der Waals surface area contributed by atoms with Gasteiger partial charge in [-0.25, -0.2) is 0 Å². The Morgan fingerprint density at radius 2 is 1.72 bits per heavy atom. The van der Waals surface area contributed by atoms with Gasteiger partial charge in [0.25, 0.3) is 0 Å². The first-order valence-electron chi connectivity index (χ1n) is 5.51. The fraction of sp³-hybridized carbons (Fsp3) is 0.143. The third-order valence-electron chi connectivity index (χ3n) is 2.23. The summed E-state index contributed by atoms with van der Waals surface area (Å²) < 4.78 is 7.82. The Morgan fingerprint density at radius 3 is 2.44 bits per heavy atom. The van der Waals surface area contributed by atoms with E-state index in [1.165, 1.54) is 4.90 Å². The van der Waals surface area contributed by atoms with Crippen LogP contribution in [0, 0.1) is 0 Å². The molecule has 0 spiro atoms. The number of rotatable bonds is 5. The van der Waals surface area contributed by atoms with Crippen LogP contribution in [0.4, 0.5) is 0 Å². The van der Waals surface area contributed by atoms with Gasteiger partial charge in [0.15, 0.2) is 0 Å². The summed E-state index contributed by atoms with van der Waals surface area (Å²) >= 11 is 8.65. The second-order valence-corrected chi connectivity index (χ2v) is 6.61. The maximum absolute atomic E-state index is 5.67. The van der Waals surface area contributed by atoms with Crippen molar-refractivity contribution in [2.24, 2.45) is 0 Å². The molecule has 0 atom stereocenters. The maximum Gasteiger partial charge on any atom is 0.120 e. The summed E-state index contributed by atoms with van der Waals surface area (Å²) in [5.74, 6) is 1.84. The number of benzene rings is 2. The van der Waals surface area contributed by atoms with Crippen LogP contribution in [0.15, 0.2) is 62.4 Å². The fourth-order valence-corrected chi connectivity index (χ4v) is 2.78. The molecule has 0 aliphatic heterocycles. The van der Waals surface area contributed by atoms with Crippen molar-refractivity contribution < 1.29 is 4.74 Å². The zero-order valence-electron chi connectivity index (χ0n) is 9.61. The topological polar surface area (TPSA) is 9.23 Å². The molecular weight excluding hydrogens is 376 g/mol. The van der Waals surface area contributed by atoms with E-state index in [1.807, 2.05) is 24.3 Å². The molecule has 0 aliphatic rings. The minimum absolute atomic E-state index is 0.706. The molecule has 94 valence electrons. The summed E-state index contributed by atoms with van der Waals surface area (Å²) in [6.45, 7) is 0.706. The molecule has 0 N–H and O–H groups in total. The molecule has 2 aromatic rings. The maximum atomic E-state index is 5.67. The number of halogens is 2. The molecule has 2 aromatic carbocycles. The molecule has 4 heteroatoms. The van der Waals surface area contributed by atoms with Gasteiger partial charge in [-0.15, -0.1) is 11.8 Å². The quantitative estimate of drug-likeness (QED) is 0.502. The Balaban J connectivity index is 1.74. The lowest BCUT2D eigenvalue weighted by atomic mass is 10.3. The van der Waals surface area contributed by atoms with E-state index in [-0.39, 0.29) is 0 Å². The lowest BCUT2D eigenvalue weighted by Crippen LogP contribution is -1.99. The van der Waals surface area contributed by atoms with Gasteiger partial charge in [-0.3, -0.25) is 0 Å². The molecule has 0 bridgehead atoms. The lowest BCUT2D eigenvalue weighted by molar-refractivity contribution is 0.344. The molecule has 2 rings (SSSR count). The third kappa shape index (κ3) is 4.67. The van der Waals surface area contributed by atoms with E-state index in [9.17, 15) is 0 Å². The summed E-state index contributed by atoms with van der Waals surface area (Å²) in [5.41, 5.74) is 0. The van der Waals surface area contributed by atoms with Gasteiger partial charge in [0, 0.05) is 19.6 Å². The van der Waals surface area contributed by atoms with E-state index >= 15 is 0 Å². The van der Waals surface area contributed by atoms with E-state index in [2.05, 4.69) is 56.1 Å². The Kier molecular flexibility index (Phi) is 5.60. The summed E-state index contributed by atoms with van der Waals surface area (Å²) in [6, 6.07) is 16.2. The highest BCUT2D eigenvalue weighted by Crippen LogP contribution is 2.21. The van der Waals surface area contributed by atoms with Crippen LogP contribution in [0.1, 0.15) is 0 Å². The van der Waals surface area contributed by atoms with Gasteiger partial charge < -0.3 is 4.74 Å². The molecule has 0 radical (unpaired) electrons. The number of hydrogen-bond donors (Lipinski definition) is 0. The highest BCUT2D eigenvalue weighted by molar-refractivity contribution is 9.10. The molecule has 0 heterocycles. The first-order chi connectivity index (χ1) is 8.74. The SMILES string of the molecule is Brc1ccc(SCCOc2cccc(Br)c2)cc1. The second-order valence-electron chi connectivity index (χ2n) is 3.61. The van der Waals surface area contributed by atoms with Gasteiger partial charge >= 0.3 is 0 Å². The predicted molar refractivity (Wildman–Crippen MR) is 84.5 cm³/mol. The Morgan fingerprint density at radius 1 is 0.944 bits per heavy atom. The number of ether oxygens (including phenoxy) is 1. The van der Waals surface area contributed by atoms with Crippen molar-refractivity contribution in [3.8, 4) is 5.75 Å². The highest BCUT2D eigenvalue weighted by atomic mass is 79.9. The molecule has 0 saturated carbocycles. The van der Waals surface area contributed by atoms with E-state index in [0.717, 1.165) is 20.4 Å². The van der Waals surface area contributed by atoms with Gasteiger partial charge in [-0.2, -0.15) is 0 Å². The van der Waals surface area contributed by atoms with Crippen molar-refractivity contribution in [2.75, 3.05) is 12.4 Å². The van der Waals surface area contributed by atoms with Crippen LogP contribution in [0.25, 0.3) is 0 Å². The molecule has 0 aromatic heterocycles. The number of thioether (sulfide) groups is 1. The molecule has 18 heavy (non-hydrogen) atoms. The Hall–Kier alpha value is -0.450. The third-order valence-corrected chi connectivity index (χ3v) is 4.23. The summed E-state index contributed by atoms with van der Waals surface area (Å²) in [7, 11) is 0. The fourth-order valence-electron chi connectivity index (χ4n) is 1.41. The average molecular weight is 388 g/mol. The summed E-state index contributed by atoms with van der Waals surface area (Å²) in [4.78, 5) is 1.26. The van der Waals surface area contributed by atoms with Crippen molar-refractivity contribution in [1.29, 1.82) is 0 Å². The van der Waals surface area contributed by atoms with Crippen molar-refractivity contribution in [2.45, 2.75) is 4.90 Å². The Labute approximate surface area is 128 Å². The molecule has 0 saturated heterocycles. The molecule has 0 amide bonds. The zero-order chi connectivity index (χ0) is 12.8. The molecule has 0 aliphatic carbocycles. The van der Waals surface area contributed by atoms with Gasteiger partial charge in [-0.05, 0) is 42.5 Å². The van der Waals surface area contributed by atoms with E-state index < -0.39 is 0 Å². The molecule has 1 nitrogen and oxygen atoms in total. The van der Waals surface area contributed by atoms with Crippen LogP contribution >= 0.6 is 43.6 Å². The van der Waals surface area contributed by atoms with Crippen LogP contribution in [0.2, 0.25) is 0 Å². The summed E-state index contributed by atoms with van der Waals surface area (Å²) in [6.07, 6.45) is 0. The number of hydrogen-bond acceptors (Lipinski definition) is 2. The van der Waals surface area contributed by atoms with Crippen LogP contribution in [-0.4, -0.2) is 12.4 Å². The predicted octanol–water partition coefficient (Wildman–Crippen LogP) is 5.38. The van der Waals surface area contributed by atoms with Gasteiger partial charge in [-0.1, -0.05) is 37.9 Å². The normalized spacial score (nSPS) is 10.3. The standard InChI is InChI=1S/C14H12Br2OS/c15-11-4-6-14(7-5-11)18-9-8-17-13-3-1-2-12(16)10-13/h1-7,10H,8-9H2. The van der Waals surface area contributed by atoms with Crippen LogP contribution in [0.3, 0.4) is 0 Å². The van der Waals surface area contributed by atoms with E-state index in [4.69, 9.17) is 4.74 Å². The van der Waals surface area contributed by atoms with E-state index in [1.54, 1.807) is 11.8 Å². The minimum atomic E-state index is 0.706. The first-order valence-corrected chi connectivity index (χ1v) is 8.08. The lowest BCUT2D eigenvalue weighted by Gasteiger charge is -2.06. The average Bonchev–Trinajstić information content (AvgIpc) is 2.37. The molecule has 0 unspecified atom stereocenters. The van der Waals surface area contributed by atoms with Crippen molar-refractivity contribution in [1.82, 2.24) is 0 Å². The van der Waals surface area contributed by atoms with Crippen molar-refractivity contribution in [3.63, 3.8) is 0 Å². The Bertz CT molecular complexity index is 499. The second kappa shape index (κ2) is 7.22. The van der Waals surface area contributed by atoms with Crippen LogP contribution in [-0.2, 0) is 0 Å². The van der Waals surface area contributed by atoms with E-state index in [0.29, 0.717) is 6.61 Å². The molecular formula is C14H12Br2OS. The first kappa shape index (κ1) is 14.0. The smallest absolute Gasteiger partial charge is 0.120 e.